The van der Waals surface area contributed by atoms with Crippen molar-refractivity contribution in [3.63, 3.8) is 0 Å². The Bertz CT molecular complexity index is 614. The number of benzene rings is 1. The lowest BCUT2D eigenvalue weighted by Crippen LogP contribution is -1.92. The second kappa shape index (κ2) is 4.31. The number of hydrogen-bond donors (Lipinski definition) is 0. The maximum absolute atomic E-state index is 5.85. The Morgan fingerprint density at radius 3 is 2.71 bits per heavy atom. The lowest BCUT2D eigenvalue weighted by atomic mass is 10.2. The molecule has 0 atom stereocenters. The highest BCUT2D eigenvalue weighted by atomic mass is 35.5. The van der Waals surface area contributed by atoms with Crippen LogP contribution in [0.2, 0.25) is 5.02 Å². The summed E-state index contributed by atoms with van der Waals surface area (Å²) in [5.41, 5.74) is 2.00. The molecule has 1 aromatic carbocycles. The van der Waals surface area contributed by atoms with Gasteiger partial charge in [-0.15, -0.1) is 11.3 Å². The lowest BCUT2D eigenvalue weighted by molar-refractivity contribution is 0.870. The minimum Gasteiger partial charge on any atom is -0.218 e. The Kier molecular flexibility index (Phi) is 2.66. The summed E-state index contributed by atoms with van der Waals surface area (Å²) in [4.78, 5) is 4.53. The van der Waals surface area contributed by atoms with Crippen molar-refractivity contribution in [3.05, 3.63) is 53.1 Å². The van der Waals surface area contributed by atoms with Crippen LogP contribution in [-0.2, 0) is 0 Å². The van der Waals surface area contributed by atoms with E-state index in [1.165, 1.54) is 0 Å². The van der Waals surface area contributed by atoms with Crippen LogP contribution in [0.1, 0.15) is 0 Å². The van der Waals surface area contributed by atoms with Gasteiger partial charge in [0.2, 0.25) is 5.13 Å². The average molecular weight is 262 g/mol. The summed E-state index contributed by atoms with van der Waals surface area (Å²) in [6.07, 6.45) is 3.62. The van der Waals surface area contributed by atoms with Crippen molar-refractivity contribution in [2.75, 3.05) is 0 Å². The molecule has 3 rings (SSSR count). The molecule has 2 aromatic heterocycles. The van der Waals surface area contributed by atoms with Gasteiger partial charge in [-0.3, -0.25) is 0 Å². The van der Waals surface area contributed by atoms with E-state index in [0.717, 1.165) is 21.4 Å². The molecule has 17 heavy (non-hydrogen) atoms. The van der Waals surface area contributed by atoms with Gasteiger partial charge in [0.05, 0.1) is 5.69 Å². The predicted molar refractivity (Wildman–Crippen MR) is 69.7 cm³/mol. The van der Waals surface area contributed by atoms with Crippen molar-refractivity contribution in [1.82, 2.24) is 14.8 Å². The van der Waals surface area contributed by atoms with Crippen molar-refractivity contribution in [2.45, 2.75) is 0 Å². The number of rotatable bonds is 2. The van der Waals surface area contributed by atoms with E-state index < -0.39 is 0 Å². The van der Waals surface area contributed by atoms with Gasteiger partial charge in [0.15, 0.2) is 0 Å². The standard InChI is InChI=1S/C12H8ClN3S/c13-10-4-2-9(3-5-10)11-8-17-12(15-11)16-7-1-6-14-16/h1-8H. The van der Waals surface area contributed by atoms with E-state index in [1.807, 2.05) is 41.9 Å². The van der Waals surface area contributed by atoms with Gasteiger partial charge in [-0.25, -0.2) is 9.67 Å². The number of aromatic nitrogens is 3. The van der Waals surface area contributed by atoms with Crippen LogP contribution in [0.4, 0.5) is 0 Å². The molecule has 0 aliphatic rings. The third-order valence-corrected chi connectivity index (χ3v) is 3.41. The highest BCUT2D eigenvalue weighted by Gasteiger charge is 2.05. The topological polar surface area (TPSA) is 30.7 Å². The van der Waals surface area contributed by atoms with Gasteiger partial charge >= 0.3 is 0 Å². The molecule has 0 fully saturated rings. The maximum atomic E-state index is 5.85. The van der Waals surface area contributed by atoms with E-state index in [1.54, 1.807) is 22.2 Å². The average Bonchev–Trinajstić information content (AvgIpc) is 3.00. The third kappa shape index (κ3) is 2.09. The minimum absolute atomic E-state index is 0.733. The molecule has 0 unspecified atom stereocenters. The van der Waals surface area contributed by atoms with Crippen LogP contribution in [0.15, 0.2) is 48.1 Å². The molecule has 0 aliphatic heterocycles. The van der Waals surface area contributed by atoms with Crippen LogP contribution in [0.3, 0.4) is 0 Å². The van der Waals surface area contributed by atoms with Crippen LogP contribution in [0, 0.1) is 0 Å². The first-order valence-corrected chi connectivity index (χ1v) is 6.30. The highest BCUT2D eigenvalue weighted by Crippen LogP contribution is 2.24. The Morgan fingerprint density at radius 2 is 2.00 bits per heavy atom. The van der Waals surface area contributed by atoms with E-state index in [4.69, 9.17) is 11.6 Å². The number of halogens is 1. The first-order valence-electron chi connectivity index (χ1n) is 5.04. The second-order valence-electron chi connectivity index (χ2n) is 3.47. The molecule has 0 saturated heterocycles. The zero-order valence-corrected chi connectivity index (χ0v) is 10.3. The summed E-state index contributed by atoms with van der Waals surface area (Å²) in [5.74, 6) is 0. The fraction of sp³-hybridized carbons (Fsp3) is 0. The smallest absolute Gasteiger partial charge is 0.210 e. The Morgan fingerprint density at radius 1 is 1.18 bits per heavy atom. The summed E-state index contributed by atoms with van der Waals surface area (Å²) in [5, 5.41) is 7.76. The van der Waals surface area contributed by atoms with E-state index >= 15 is 0 Å². The van der Waals surface area contributed by atoms with E-state index in [9.17, 15) is 0 Å². The fourth-order valence-corrected chi connectivity index (χ4v) is 2.40. The van der Waals surface area contributed by atoms with Crippen LogP contribution in [-0.4, -0.2) is 14.8 Å². The fourth-order valence-electron chi connectivity index (χ4n) is 1.50. The summed E-state index contributed by atoms with van der Waals surface area (Å²) >= 11 is 7.42. The molecule has 0 aliphatic carbocycles. The van der Waals surface area contributed by atoms with Gasteiger partial charge in [0.25, 0.3) is 0 Å². The molecular formula is C12H8ClN3S. The van der Waals surface area contributed by atoms with Gasteiger partial charge in [-0.2, -0.15) is 5.10 Å². The van der Waals surface area contributed by atoms with Crippen molar-refractivity contribution in [3.8, 4) is 16.4 Å². The molecule has 0 N–H and O–H groups in total. The first kappa shape index (κ1) is 10.5. The summed E-state index contributed by atoms with van der Waals surface area (Å²) in [6.45, 7) is 0. The monoisotopic (exact) mass is 261 g/mol. The normalized spacial score (nSPS) is 10.6. The van der Waals surface area contributed by atoms with Gasteiger partial charge in [-0.1, -0.05) is 23.7 Å². The molecule has 0 bridgehead atoms. The van der Waals surface area contributed by atoms with Crippen LogP contribution < -0.4 is 0 Å². The van der Waals surface area contributed by atoms with Crippen molar-refractivity contribution in [2.24, 2.45) is 0 Å². The third-order valence-electron chi connectivity index (χ3n) is 2.33. The molecule has 0 amide bonds. The molecule has 2 heterocycles. The number of nitrogens with zero attached hydrogens (tertiary/aromatic N) is 3. The molecule has 5 heteroatoms. The number of hydrogen-bond acceptors (Lipinski definition) is 3. The van der Waals surface area contributed by atoms with Crippen LogP contribution in [0.25, 0.3) is 16.4 Å². The SMILES string of the molecule is Clc1ccc(-c2csc(-n3cccn3)n2)cc1. The maximum Gasteiger partial charge on any atom is 0.210 e. The van der Waals surface area contributed by atoms with E-state index in [0.29, 0.717) is 0 Å². The lowest BCUT2D eigenvalue weighted by Gasteiger charge is -1.96. The van der Waals surface area contributed by atoms with E-state index in [-0.39, 0.29) is 0 Å². The molecule has 0 spiro atoms. The zero-order chi connectivity index (χ0) is 11.7. The first-order chi connectivity index (χ1) is 8.33. The van der Waals surface area contributed by atoms with Crippen molar-refractivity contribution < 1.29 is 0 Å². The quantitative estimate of drug-likeness (QED) is 0.705. The largest absolute Gasteiger partial charge is 0.218 e. The van der Waals surface area contributed by atoms with Gasteiger partial charge in [-0.05, 0) is 18.2 Å². The van der Waals surface area contributed by atoms with Gasteiger partial charge < -0.3 is 0 Å². The Hall–Kier alpha value is -1.65. The van der Waals surface area contributed by atoms with Gasteiger partial charge in [0, 0.05) is 28.4 Å². The van der Waals surface area contributed by atoms with Crippen LogP contribution >= 0.6 is 22.9 Å². The zero-order valence-electron chi connectivity index (χ0n) is 8.75. The Balaban J connectivity index is 1.98. The summed E-state index contributed by atoms with van der Waals surface area (Å²) in [7, 11) is 0. The molecule has 3 nitrogen and oxygen atoms in total. The second-order valence-corrected chi connectivity index (χ2v) is 4.75. The van der Waals surface area contributed by atoms with E-state index in [2.05, 4.69) is 10.1 Å². The molecule has 3 aromatic rings. The minimum atomic E-state index is 0.733. The summed E-state index contributed by atoms with van der Waals surface area (Å²) in [6, 6.07) is 9.53. The molecular weight excluding hydrogens is 254 g/mol. The Labute approximate surface area is 107 Å². The molecule has 84 valence electrons. The molecule has 0 radical (unpaired) electrons. The van der Waals surface area contributed by atoms with Crippen molar-refractivity contribution in [1.29, 1.82) is 0 Å². The predicted octanol–water partition coefficient (Wildman–Crippen LogP) is 3.65. The molecule has 0 saturated carbocycles. The van der Waals surface area contributed by atoms with Crippen LogP contribution in [0.5, 0.6) is 0 Å². The number of thiazole rings is 1. The van der Waals surface area contributed by atoms with Crippen molar-refractivity contribution >= 4 is 22.9 Å². The highest BCUT2D eigenvalue weighted by molar-refractivity contribution is 7.12. The summed E-state index contributed by atoms with van der Waals surface area (Å²) < 4.78 is 1.75. The van der Waals surface area contributed by atoms with Gasteiger partial charge in [0.1, 0.15) is 0 Å².